The van der Waals surface area contributed by atoms with Gasteiger partial charge in [-0.25, -0.2) is 9.78 Å². The quantitative estimate of drug-likeness (QED) is 0.404. The second-order valence-corrected chi connectivity index (χ2v) is 7.49. The molecular weight excluding hydrogens is 435 g/mol. The molecule has 6 radical (unpaired) electrons. The third-order valence-corrected chi connectivity index (χ3v) is 4.79. The lowest BCUT2D eigenvalue weighted by Gasteiger charge is -2.23. The number of urea groups is 1. The minimum atomic E-state index is -1.98. The van der Waals surface area contributed by atoms with Gasteiger partial charge in [0.15, 0.2) is 23.1 Å². The van der Waals surface area contributed by atoms with Gasteiger partial charge < -0.3 is 20.7 Å². The molecule has 0 spiro atoms. The van der Waals surface area contributed by atoms with Crippen molar-refractivity contribution in [2.24, 2.45) is 7.05 Å². The van der Waals surface area contributed by atoms with E-state index in [2.05, 4.69) is 36.2 Å². The Bertz CT molecular complexity index is 1250. The molecule has 34 heavy (non-hydrogen) atoms. The Hall–Kier alpha value is -4.03. The number of aromatic nitrogens is 5. The summed E-state index contributed by atoms with van der Waals surface area (Å²) < 4.78 is 7.18. The van der Waals surface area contributed by atoms with E-state index in [0.29, 0.717) is 35.9 Å². The van der Waals surface area contributed by atoms with Crippen molar-refractivity contribution >= 4 is 52.7 Å². The predicted octanol–water partition coefficient (Wildman–Crippen LogP) is -0.599. The molecule has 3 heterocycles. The van der Waals surface area contributed by atoms with Gasteiger partial charge in [-0.2, -0.15) is 5.10 Å². The number of methoxy groups -OCH3 is 1. The maximum atomic E-state index is 12.8. The zero-order valence-electron chi connectivity index (χ0n) is 18.4. The minimum absolute atomic E-state index is 0.155. The molecule has 0 aliphatic carbocycles. The average molecular weight is 453 g/mol. The van der Waals surface area contributed by atoms with Crippen LogP contribution < -0.4 is 25.6 Å². The first-order valence-corrected chi connectivity index (χ1v) is 10.1. The van der Waals surface area contributed by atoms with Gasteiger partial charge in [-0.15, -0.1) is 10.2 Å². The highest BCUT2D eigenvalue weighted by Crippen LogP contribution is 2.37. The summed E-state index contributed by atoms with van der Waals surface area (Å²) >= 11 is 0. The molecule has 0 saturated carbocycles. The van der Waals surface area contributed by atoms with Crippen LogP contribution in [0.5, 0.6) is 5.75 Å². The highest BCUT2D eigenvalue weighted by molar-refractivity contribution is 6.60. The van der Waals surface area contributed by atoms with Crippen LogP contribution in [0.4, 0.5) is 22.0 Å². The molecule has 15 heteroatoms. The molecule has 1 saturated heterocycles. The number of aryl methyl sites for hydroxylation is 1. The molecule has 1 aromatic carbocycles. The lowest BCUT2D eigenvalue weighted by atomic mass is 9.49. The van der Waals surface area contributed by atoms with E-state index in [-0.39, 0.29) is 23.2 Å². The van der Waals surface area contributed by atoms with Crippen LogP contribution in [0, 0.1) is 0 Å². The van der Waals surface area contributed by atoms with Crippen LogP contribution in [-0.2, 0) is 7.05 Å². The van der Waals surface area contributed by atoms with Gasteiger partial charge in [0.25, 0.3) is 5.91 Å². The van der Waals surface area contributed by atoms with E-state index >= 15 is 0 Å². The molecule has 1 aliphatic heterocycles. The minimum Gasteiger partial charge on any atom is -0.494 e. The Morgan fingerprint density at radius 1 is 1.24 bits per heavy atom. The largest absolute Gasteiger partial charge is 0.494 e. The van der Waals surface area contributed by atoms with Crippen LogP contribution in [0.3, 0.4) is 0 Å². The Morgan fingerprint density at radius 2 is 2.03 bits per heavy atom. The van der Waals surface area contributed by atoms with Crippen molar-refractivity contribution in [1.29, 1.82) is 0 Å². The first kappa shape index (κ1) is 23.1. The van der Waals surface area contributed by atoms with E-state index < -0.39 is 11.1 Å². The summed E-state index contributed by atoms with van der Waals surface area (Å²) in [5.74, 6) is 0.321. The zero-order valence-corrected chi connectivity index (χ0v) is 18.4. The monoisotopic (exact) mass is 453 g/mol. The number of hydrogen-bond donors (Lipinski definition) is 3. The first-order chi connectivity index (χ1) is 16.2. The van der Waals surface area contributed by atoms with Gasteiger partial charge in [0.05, 0.1) is 47.6 Å². The maximum absolute atomic E-state index is 12.8. The maximum Gasteiger partial charge on any atom is 0.323 e. The van der Waals surface area contributed by atoms with Crippen molar-refractivity contribution < 1.29 is 14.3 Å². The molecule has 12 nitrogen and oxygen atoms in total. The predicted molar refractivity (Wildman–Crippen MR) is 127 cm³/mol. The van der Waals surface area contributed by atoms with Gasteiger partial charge in [0, 0.05) is 26.2 Å². The summed E-state index contributed by atoms with van der Waals surface area (Å²) in [4.78, 5) is 30.6. The fraction of sp³-hybridized carbons (Fsp3) is 0.263. The van der Waals surface area contributed by atoms with E-state index in [1.54, 1.807) is 36.3 Å². The van der Waals surface area contributed by atoms with E-state index in [4.69, 9.17) is 28.3 Å². The van der Waals surface area contributed by atoms with Crippen LogP contribution in [0.15, 0.2) is 30.6 Å². The number of benzene rings is 1. The Balaban J connectivity index is 1.77. The Morgan fingerprint density at radius 3 is 2.65 bits per heavy atom. The normalized spacial score (nSPS) is 13.5. The van der Waals surface area contributed by atoms with Crippen LogP contribution in [0.1, 0.15) is 10.5 Å². The van der Waals surface area contributed by atoms with Gasteiger partial charge in [-0.3, -0.25) is 14.4 Å². The van der Waals surface area contributed by atoms with E-state index in [1.165, 1.54) is 18.1 Å². The third kappa shape index (κ3) is 4.82. The number of amides is 3. The van der Waals surface area contributed by atoms with Gasteiger partial charge >= 0.3 is 6.03 Å². The topological polar surface area (TPSA) is 139 Å². The summed E-state index contributed by atoms with van der Waals surface area (Å²) in [6.45, 7) is 0.842. The summed E-state index contributed by atoms with van der Waals surface area (Å²) in [6, 6.07) is 6.47. The average Bonchev–Trinajstić information content (AvgIpc) is 3.40. The standard InChI is InChI=1S/C19H18B3N9O3/c1-30-9-24-16(29-30)10-4-3-5-11(15(10)34-2)25-12-8-13(31-7-6-23-18(31)33)27-28-14(12)17(32)26-19(20,21)22/h3-5,8-9H,6-7H2,1-2H3,(H,23,33)(H,25,27)(H,26,32). The third-order valence-electron chi connectivity index (χ3n) is 4.79. The van der Waals surface area contributed by atoms with E-state index in [9.17, 15) is 9.59 Å². The van der Waals surface area contributed by atoms with Crippen molar-refractivity contribution in [3.05, 3.63) is 36.3 Å². The van der Waals surface area contributed by atoms with Crippen molar-refractivity contribution in [1.82, 2.24) is 35.6 Å². The molecule has 0 bridgehead atoms. The smallest absolute Gasteiger partial charge is 0.323 e. The van der Waals surface area contributed by atoms with E-state index in [0.717, 1.165) is 0 Å². The number of carbonyl (C=O) groups excluding carboxylic acids is 2. The van der Waals surface area contributed by atoms with Crippen LogP contribution in [0.25, 0.3) is 11.4 Å². The van der Waals surface area contributed by atoms with Crippen molar-refractivity contribution in [3.8, 4) is 17.1 Å². The molecule has 2 aromatic heterocycles. The molecule has 0 atom stereocenters. The van der Waals surface area contributed by atoms with Crippen LogP contribution in [-0.4, -0.2) is 85.9 Å². The summed E-state index contributed by atoms with van der Waals surface area (Å²) in [7, 11) is 19.8. The van der Waals surface area contributed by atoms with Gasteiger partial charge in [0.2, 0.25) is 0 Å². The fourth-order valence-corrected chi connectivity index (χ4v) is 3.36. The van der Waals surface area contributed by atoms with Crippen molar-refractivity contribution in [2.45, 2.75) is 5.24 Å². The number of nitrogens with zero attached hydrogens (tertiary/aromatic N) is 6. The highest BCUT2D eigenvalue weighted by atomic mass is 16.5. The second-order valence-electron chi connectivity index (χ2n) is 7.49. The first-order valence-electron chi connectivity index (χ1n) is 10.1. The van der Waals surface area contributed by atoms with Crippen molar-refractivity contribution in [2.75, 3.05) is 30.4 Å². The Kier molecular flexibility index (Phi) is 6.18. The number of hydrogen-bond acceptors (Lipinski definition) is 8. The molecule has 1 aliphatic rings. The number of ether oxygens (including phenoxy) is 1. The summed E-state index contributed by atoms with van der Waals surface area (Å²) in [6.07, 6.45) is 1.57. The molecule has 3 aromatic rings. The number of anilines is 3. The number of nitrogens with one attached hydrogen (secondary N) is 3. The van der Waals surface area contributed by atoms with Gasteiger partial charge in [0.1, 0.15) is 6.33 Å². The lowest BCUT2D eigenvalue weighted by Crippen LogP contribution is -2.50. The number of carbonyl (C=O) groups is 2. The molecule has 166 valence electrons. The van der Waals surface area contributed by atoms with E-state index in [1.807, 2.05) is 0 Å². The molecular formula is C19H18B3N9O3. The molecule has 0 unspecified atom stereocenters. The molecule has 4 rings (SSSR count). The van der Waals surface area contributed by atoms with Gasteiger partial charge in [-0.05, 0) is 12.1 Å². The molecule has 3 amide bonds. The van der Waals surface area contributed by atoms with Crippen molar-refractivity contribution in [3.63, 3.8) is 0 Å². The summed E-state index contributed by atoms with van der Waals surface area (Å²) in [5, 5.41) is 18.4. The SMILES string of the molecule is [B]C([B])([B])NC(=O)c1nnc(N2CCNC2=O)cc1Nc1cccc(-c2ncn(C)n2)c1OC. The zero-order chi connectivity index (χ0) is 24.5. The molecule has 1 fully saturated rings. The van der Waals surface area contributed by atoms with Crippen LogP contribution in [0.2, 0.25) is 0 Å². The summed E-state index contributed by atoms with van der Waals surface area (Å²) in [5.41, 5.74) is 1.14. The van der Waals surface area contributed by atoms with Crippen LogP contribution >= 0.6 is 0 Å². The number of rotatable bonds is 7. The fourth-order valence-electron chi connectivity index (χ4n) is 3.36. The Labute approximate surface area is 199 Å². The van der Waals surface area contributed by atoms with Gasteiger partial charge in [-0.1, -0.05) is 11.3 Å². The highest BCUT2D eigenvalue weighted by Gasteiger charge is 2.26. The second kappa shape index (κ2) is 9.08. The number of para-hydroxylation sites is 1. The molecule has 3 N–H and O–H groups in total. The lowest BCUT2D eigenvalue weighted by molar-refractivity contribution is 0.0947.